The van der Waals surface area contributed by atoms with Crippen LogP contribution < -0.4 is 0 Å². The van der Waals surface area contributed by atoms with Gasteiger partial charge >= 0.3 is 5.97 Å². The predicted octanol–water partition coefficient (Wildman–Crippen LogP) is 0.759. The summed E-state index contributed by atoms with van der Waals surface area (Å²) in [4.78, 5) is 13.0. The van der Waals surface area contributed by atoms with Crippen molar-refractivity contribution in [3.05, 3.63) is 18.0 Å². The van der Waals surface area contributed by atoms with E-state index in [2.05, 4.69) is 10.00 Å². The van der Waals surface area contributed by atoms with Crippen LogP contribution in [0.15, 0.2) is 12.3 Å². The van der Waals surface area contributed by atoms with E-state index in [0.717, 1.165) is 32.5 Å². The van der Waals surface area contributed by atoms with Crippen LogP contribution in [-0.4, -0.2) is 45.4 Å². The van der Waals surface area contributed by atoms with Crippen LogP contribution in [0.1, 0.15) is 18.5 Å². The van der Waals surface area contributed by atoms with E-state index < -0.39 is 5.97 Å². The van der Waals surface area contributed by atoms with Crippen molar-refractivity contribution < 1.29 is 9.90 Å². The third kappa shape index (κ3) is 3.30. The third-order valence-corrected chi connectivity index (χ3v) is 3.44. The smallest absolute Gasteiger partial charge is 0.303 e. The van der Waals surface area contributed by atoms with Crippen molar-refractivity contribution >= 4 is 5.97 Å². The summed E-state index contributed by atoms with van der Waals surface area (Å²) in [6.45, 7) is 2.94. The zero-order chi connectivity index (χ0) is 12.3. The molecule has 1 aliphatic heterocycles. The molecule has 0 radical (unpaired) electrons. The van der Waals surface area contributed by atoms with Crippen LogP contribution in [0.4, 0.5) is 0 Å². The molecule has 94 valence electrons. The van der Waals surface area contributed by atoms with E-state index >= 15 is 0 Å². The molecule has 1 aliphatic rings. The second kappa shape index (κ2) is 5.31. The second-order valence-corrected chi connectivity index (χ2v) is 4.75. The van der Waals surface area contributed by atoms with Gasteiger partial charge in [-0.05, 0) is 24.9 Å². The van der Waals surface area contributed by atoms with E-state index in [1.165, 1.54) is 5.69 Å². The molecule has 5 nitrogen and oxygen atoms in total. The Bertz CT molecular complexity index is 389. The van der Waals surface area contributed by atoms with Crippen molar-refractivity contribution in [2.24, 2.45) is 13.0 Å². The van der Waals surface area contributed by atoms with Gasteiger partial charge in [-0.3, -0.25) is 9.48 Å². The van der Waals surface area contributed by atoms with Crippen LogP contribution in [0, 0.1) is 5.92 Å². The minimum absolute atomic E-state index is 0.308. The SMILES string of the molecule is Cn1nccc1CCN1CCC(CC(=O)O)C1. The lowest BCUT2D eigenvalue weighted by atomic mass is 10.1. The topological polar surface area (TPSA) is 58.4 Å². The van der Waals surface area contributed by atoms with E-state index in [0.29, 0.717) is 12.3 Å². The highest BCUT2D eigenvalue weighted by Crippen LogP contribution is 2.19. The molecule has 1 saturated heterocycles. The Morgan fingerprint density at radius 2 is 2.47 bits per heavy atom. The zero-order valence-electron chi connectivity index (χ0n) is 10.2. The minimum atomic E-state index is -0.677. The first kappa shape index (κ1) is 12.1. The summed E-state index contributed by atoms with van der Waals surface area (Å²) in [5.74, 6) is -0.345. The van der Waals surface area contributed by atoms with Gasteiger partial charge in [-0.2, -0.15) is 5.10 Å². The third-order valence-electron chi connectivity index (χ3n) is 3.44. The quantitative estimate of drug-likeness (QED) is 0.821. The van der Waals surface area contributed by atoms with Crippen molar-refractivity contribution in [1.29, 1.82) is 0 Å². The molecule has 17 heavy (non-hydrogen) atoms. The maximum Gasteiger partial charge on any atom is 0.303 e. The van der Waals surface area contributed by atoms with Gasteiger partial charge in [0.05, 0.1) is 0 Å². The fraction of sp³-hybridized carbons (Fsp3) is 0.667. The summed E-state index contributed by atoms with van der Waals surface area (Å²) in [7, 11) is 1.95. The van der Waals surface area contributed by atoms with Gasteiger partial charge in [-0.15, -0.1) is 0 Å². The number of carbonyl (C=O) groups is 1. The molecule has 1 fully saturated rings. The molecule has 0 aliphatic carbocycles. The van der Waals surface area contributed by atoms with Crippen molar-refractivity contribution in [2.45, 2.75) is 19.3 Å². The van der Waals surface area contributed by atoms with E-state index in [9.17, 15) is 4.79 Å². The maximum atomic E-state index is 10.6. The lowest BCUT2D eigenvalue weighted by Gasteiger charge is -2.15. The molecule has 0 amide bonds. The zero-order valence-corrected chi connectivity index (χ0v) is 10.2. The molecule has 1 atom stereocenters. The first-order valence-corrected chi connectivity index (χ1v) is 6.06. The second-order valence-electron chi connectivity index (χ2n) is 4.75. The molecule has 1 unspecified atom stereocenters. The number of aliphatic carboxylic acids is 1. The highest BCUT2D eigenvalue weighted by atomic mass is 16.4. The van der Waals surface area contributed by atoms with Gasteiger partial charge in [0.2, 0.25) is 0 Å². The summed E-state index contributed by atoms with van der Waals surface area (Å²) >= 11 is 0. The molecule has 2 heterocycles. The predicted molar refractivity (Wildman–Crippen MR) is 63.7 cm³/mol. The standard InChI is InChI=1S/C12H19N3O2/c1-14-11(2-5-13-14)4-7-15-6-3-10(9-15)8-12(16)17/h2,5,10H,3-4,6-9H2,1H3,(H,16,17). The fourth-order valence-corrected chi connectivity index (χ4v) is 2.45. The Morgan fingerprint density at radius 3 is 3.12 bits per heavy atom. The highest BCUT2D eigenvalue weighted by Gasteiger charge is 2.24. The number of nitrogens with zero attached hydrogens (tertiary/aromatic N) is 3. The Balaban J connectivity index is 1.75. The number of carboxylic acids is 1. The number of aryl methyl sites for hydroxylation is 1. The molecule has 2 rings (SSSR count). The van der Waals surface area contributed by atoms with Gasteiger partial charge in [0, 0.05) is 44.9 Å². The van der Waals surface area contributed by atoms with Crippen molar-refractivity contribution in [2.75, 3.05) is 19.6 Å². The van der Waals surface area contributed by atoms with E-state index in [1.54, 1.807) is 0 Å². The van der Waals surface area contributed by atoms with Crippen LogP contribution in [-0.2, 0) is 18.3 Å². The van der Waals surface area contributed by atoms with E-state index in [4.69, 9.17) is 5.11 Å². The number of aromatic nitrogens is 2. The summed E-state index contributed by atoms with van der Waals surface area (Å²) in [6.07, 6.45) is 4.11. The monoisotopic (exact) mass is 237 g/mol. The summed E-state index contributed by atoms with van der Waals surface area (Å²) in [5.41, 5.74) is 1.23. The molecule has 0 bridgehead atoms. The van der Waals surface area contributed by atoms with Gasteiger partial charge in [-0.1, -0.05) is 0 Å². The van der Waals surface area contributed by atoms with Crippen LogP contribution in [0.25, 0.3) is 0 Å². The number of rotatable bonds is 5. The first-order valence-electron chi connectivity index (χ1n) is 6.06. The van der Waals surface area contributed by atoms with Crippen molar-refractivity contribution in [3.8, 4) is 0 Å². The van der Waals surface area contributed by atoms with Gasteiger partial charge in [0.25, 0.3) is 0 Å². The lowest BCUT2D eigenvalue weighted by molar-refractivity contribution is -0.138. The molecular formula is C12H19N3O2. The highest BCUT2D eigenvalue weighted by molar-refractivity contribution is 5.67. The molecule has 0 saturated carbocycles. The Kier molecular flexibility index (Phi) is 3.78. The van der Waals surface area contributed by atoms with Crippen LogP contribution in [0.3, 0.4) is 0 Å². The summed E-state index contributed by atoms with van der Waals surface area (Å²) < 4.78 is 1.89. The van der Waals surface area contributed by atoms with Crippen LogP contribution in [0.2, 0.25) is 0 Å². The van der Waals surface area contributed by atoms with Crippen LogP contribution >= 0.6 is 0 Å². The molecule has 1 aromatic heterocycles. The average molecular weight is 237 g/mol. The number of hydrogen-bond acceptors (Lipinski definition) is 3. The molecule has 1 N–H and O–H groups in total. The Labute approximate surface area is 101 Å². The molecule has 1 aromatic rings. The molecule has 5 heteroatoms. The van der Waals surface area contributed by atoms with E-state index in [1.807, 2.05) is 24.0 Å². The molecule has 0 spiro atoms. The minimum Gasteiger partial charge on any atom is -0.481 e. The molecule has 0 aromatic carbocycles. The number of likely N-dealkylation sites (tertiary alicyclic amines) is 1. The summed E-state index contributed by atoms with van der Waals surface area (Å²) in [6, 6.07) is 2.03. The van der Waals surface area contributed by atoms with Crippen molar-refractivity contribution in [1.82, 2.24) is 14.7 Å². The van der Waals surface area contributed by atoms with Gasteiger partial charge in [0.15, 0.2) is 0 Å². The van der Waals surface area contributed by atoms with Gasteiger partial charge < -0.3 is 10.0 Å². The molecular weight excluding hydrogens is 218 g/mol. The van der Waals surface area contributed by atoms with Crippen molar-refractivity contribution in [3.63, 3.8) is 0 Å². The van der Waals surface area contributed by atoms with Gasteiger partial charge in [-0.25, -0.2) is 0 Å². The maximum absolute atomic E-state index is 10.6. The van der Waals surface area contributed by atoms with Gasteiger partial charge in [0.1, 0.15) is 0 Å². The van der Waals surface area contributed by atoms with E-state index in [-0.39, 0.29) is 0 Å². The Morgan fingerprint density at radius 1 is 1.65 bits per heavy atom. The largest absolute Gasteiger partial charge is 0.481 e. The summed E-state index contributed by atoms with van der Waals surface area (Å²) in [5, 5.41) is 12.9. The fourth-order valence-electron chi connectivity index (χ4n) is 2.45. The average Bonchev–Trinajstić information content (AvgIpc) is 2.84. The Hall–Kier alpha value is -1.36. The number of hydrogen-bond donors (Lipinski definition) is 1. The number of carboxylic acid groups (broad SMARTS) is 1. The first-order chi connectivity index (χ1) is 8.15. The van der Waals surface area contributed by atoms with Crippen LogP contribution in [0.5, 0.6) is 0 Å². The lowest BCUT2D eigenvalue weighted by Crippen LogP contribution is -2.24. The normalized spacial score (nSPS) is 20.9.